The van der Waals surface area contributed by atoms with Crippen molar-refractivity contribution in [2.45, 2.75) is 33.4 Å². The van der Waals surface area contributed by atoms with Crippen LogP contribution < -0.4 is 5.43 Å². The minimum Gasteiger partial charge on any atom is -0.285 e. The van der Waals surface area contributed by atoms with Crippen molar-refractivity contribution in [3.63, 3.8) is 0 Å². The van der Waals surface area contributed by atoms with E-state index in [0.29, 0.717) is 0 Å². The van der Waals surface area contributed by atoms with Gasteiger partial charge < -0.3 is 0 Å². The van der Waals surface area contributed by atoms with E-state index in [-0.39, 0.29) is 11.6 Å². The van der Waals surface area contributed by atoms with E-state index in [1.54, 1.807) is 0 Å². The van der Waals surface area contributed by atoms with Gasteiger partial charge in [-0.05, 0) is 11.8 Å². The predicted octanol–water partition coefficient (Wildman–Crippen LogP) is 1.08. The van der Waals surface area contributed by atoms with E-state index in [1.165, 1.54) is 11.2 Å². The highest BCUT2D eigenvalue weighted by Crippen LogP contribution is 2.22. The Labute approximate surface area is 72.9 Å². The molecule has 4 heteroatoms. The lowest BCUT2D eigenvalue weighted by molar-refractivity contribution is 0.255. The van der Waals surface area contributed by atoms with Crippen molar-refractivity contribution in [3.8, 4) is 6.19 Å². The second-order valence-electron chi connectivity index (χ2n) is 4.16. The average Bonchev–Trinajstić information content (AvgIpc) is 2.31. The molecule has 1 heterocycles. The lowest BCUT2D eigenvalue weighted by Crippen LogP contribution is -2.36. The first-order valence-corrected chi connectivity index (χ1v) is 4.00. The van der Waals surface area contributed by atoms with Crippen LogP contribution in [0.5, 0.6) is 0 Å². The first-order chi connectivity index (χ1) is 5.53. The van der Waals surface area contributed by atoms with Crippen LogP contribution in [0.15, 0.2) is 5.10 Å². The molecule has 0 aromatic rings. The third kappa shape index (κ3) is 2.12. The van der Waals surface area contributed by atoms with Crippen LogP contribution in [-0.2, 0) is 0 Å². The molecule has 66 valence electrons. The van der Waals surface area contributed by atoms with Gasteiger partial charge in [-0.3, -0.25) is 5.43 Å². The van der Waals surface area contributed by atoms with Crippen molar-refractivity contribution in [1.29, 1.82) is 5.26 Å². The number of nitrogens with zero attached hydrogens (tertiary/aromatic N) is 3. The smallest absolute Gasteiger partial charge is 0.187 e. The fraction of sp³-hybridized carbons (Fsp3) is 0.750. The maximum atomic E-state index is 8.68. The summed E-state index contributed by atoms with van der Waals surface area (Å²) in [4.78, 5) is 1.53. The summed E-state index contributed by atoms with van der Waals surface area (Å²) in [5, 5.41) is 12.5. The Kier molecular flexibility index (Phi) is 2.22. The number of nitriles is 1. The molecule has 4 nitrogen and oxygen atoms in total. The average molecular weight is 166 g/mol. The van der Waals surface area contributed by atoms with Gasteiger partial charge in [0.1, 0.15) is 12.5 Å². The summed E-state index contributed by atoms with van der Waals surface area (Å²) in [6.07, 6.45) is 4.52. The van der Waals surface area contributed by atoms with Gasteiger partial charge in [-0.2, -0.15) is 10.4 Å². The van der Waals surface area contributed by atoms with Crippen molar-refractivity contribution >= 4 is 6.34 Å². The molecule has 0 radical (unpaired) electrons. The first kappa shape index (κ1) is 8.85. The van der Waals surface area contributed by atoms with Gasteiger partial charge in [0.25, 0.3) is 0 Å². The number of hydrogen-bond acceptors (Lipinski definition) is 4. The van der Waals surface area contributed by atoms with Gasteiger partial charge in [0.05, 0.1) is 0 Å². The van der Waals surface area contributed by atoms with Gasteiger partial charge in [0, 0.05) is 0 Å². The molecule has 0 bridgehead atoms. The Morgan fingerprint density at radius 3 is 2.83 bits per heavy atom. The zero-order valence-corrected chi connectivity index (χ0v) is 7.70. The second kappa shape index (κ2) is 3.02. The maximum absolute atomic E-state index is 8.68. The summed E-state index contributed by atoms with van der Waals surface area (Å²) >= 11 is 0. The summed E-state index contributed by atoms with van der Waals surface area (Å²) in [7, 11) is 0. The molecule has 0 aromatic carbocycles. The van der Waals surface area contributed by atoms with Crippen LogP contribution in [0, 0.1) is 16.9 Å². The zero-order valence-electron chi connectivity index (χ0n) is 7.70. The third-order valence-electron chi connectivity index (χ3n) is 1.66. The Hall–Kier alpha value is -1.24. The second-order valence-corrected chi connectivity index (χ2v) is 4.16. The van der Waals surface area contributed by atoms with E-state index >= 15 is 0 Å². The third-order valence-corrected chi connectivity index (χ3v) is 1.66. The number of nitrogens with one attached hydrogen (secondary N) is 1. The topological polar surface area (TPSA) is 51.4 Å². The van der Waals surface area contributed by atoms with Gasteiger partial charge in [-0.1, -0.05) is 20.8 Å². The lowest BCUT2D eigenvalue weighted by Gasteiger charge is -2.25. The van der Waals surface area contributed by atoms with E-state index < -0.39 is 0 Å². The van der Waals surface area contributed by atoms with E-state index in [2.05, 4.69) is 37.5 Å². The van der Waals surface area contributed by atoms with Crippen molar-refractivity contribution in [3.05, 3.63) is 0 Å². The highest BCUT2D eigenvalue weighted by molar-refractivity contribution is 5.59. The van der Waals surface area contributed by atoms with Gasteiger partial charge in [-0.15, -0.1) is 0 Å². The SMILES string of the molecule is CC(C)(C)CC1NN=CN1C#N. The first-order valence-electron chi connectivity index (χ1n) is 4.00. The molecule has 0 fully saturated rings. The molecular formula is C8H14N4. The van der Waals surface area contributed by atoms with Crippen molar-refractivity contribution in [2.75, 3.05) is 0 Å². The largest absolute Gasteiger partial charge is 0.285 e. The Bertz CT molecular complexity index is 220. The number of rotatable bonds is 1. The highest BCUT2D eigenvalue weighted by Gasteiger charge is 2.25. The van der Waals surface area contributed by atoms with Crippen LogP contribution in [0.3, 0.4) is 0 Å². The van der Waals surface area contributed by atoms with Gasteiger partial charge in [0.15, 0.2) is 6.19 Å². The van der Waals surface area contributed by atoms with Crippen molar-refractivity contribution in [1.82, 2.24) is 10.3 Å². The van der Waals surface area contributed by atoms with E-state index in [1.807, 2.05) is 0 Å². The van der Waals surface area contributed by atoms with Crippen LogP contribution in [0.25, 0.3) is 0 Å². The van der Waals surface area contributed by atoms with E-state index in [0.717, 1.165) is 6.42 Å². The molecule has 1 unspecified atom stereocenters. The summed E-state index contributed by atoms with van der Waals surface area (Å²) in [5.74, 6) is 0. The molecule has 0 aromatic heterocycles. The molecule has 0 saturated heterocycles. The number of hydrazone groups is 1. The predicted molar refractivity (Wildman–Crippen MR) is 46.9 cm³/mol. The van der Waals surface area contributed by atoms with Gasteiger partial charge >= 0.3 is 0 Å². The molecule has 1 N–H and O–H groups in total. The Morgan fingerprint density at radius 1 is 1.67 bits per heavy atom. The molecule has 1 rings (SSSR count). The minimum atomic E-state index is 0.0370. The molecule has 0 aliphatic carbocycles. The Morgan fingerprint density at radius 2 is 2.33 bits per heavy atom. The van der Waals surface area contributed by atoms with E-state index in [4.69, 9.17) is 5.26 Å². The van der Waals surface area contributed by atoms with Crippen molar-refractivity contribution < 1.29 is 0 Å². The highest BCUT2D eigenvalue weighted by atomic mass is 15.5. The standard InChI is InChI=1S/C8H14N4/c1-8(2,3)4-7-11-10-6-12(7)5-9/h6-7,11H,4H2,1-3H3. The quantitative estimate of drug-likeness (QED) is 0.593. The van der Waals surface area contributed by atoms with Crippen molar-refractivity contribution in [2.24, 2.45) is 10.5 Å². The van der Waals surface area contributed by atoms with Crippen LogP contribution in [0.1, 0.15) is 27.2 Å². The molecule has 0 amide bonds. The monoisotopic (exact) mass is 166 g/mol. The number of hydrogen-bond donors (Lipinski definition) is 1. The summed E-state index contributed by atoms with van der Waals surface area (Å²) < 4.78 is 0. The zero-order chi connectivity index (χ0) is 9.19. The molecule has 0 spiro atoms. The van der Waals surface area contributed by atoms with Crippen LogP contribution >= 0.6 is 0 Å². The summed E-state index contributed by atoms with van der Waals surface area (Å²) in [6, 6.07) is 0. The lowest BCUT2D eigenvalue weighted by atomic mass is 9.90. The van der Waals surface area contributed by atoms with Gasteiger partial charge in [-0.25, -0.2) is 4.90 Å². The molecule has 1 atom stereocenters. The fourth-order valence-corrected chi connectivity index (χ4v) is 1.14. The molecular weight excluding hydrogens is 152 g/mol. The molecule has 12 heavy (non-hydrogen) atoms. The van der Waals surface area contributed by atoms with Crippen LogP contribution in [0.2, 0.25) is 0 Å². The van der Waals surface area contributed by atoms with Crippen LogP contribution in [0.4, 0.5) is 0 Å². The van der Waals surface area contributed by atoms with E-state index in [9.17, 15) is 0 Å². The van der Waals surface area contributed by atoms with Gasteiger partial charge in [0.2, 0.25) is 0 Å². The van der Waals surface area contributed by atoms with Crippen LogP contribution in [-0.4, -0.2) is 17.4 Å². The maximum Gasteiger partial charge on any atom is 0.187 e. The molecule has 0 saturated carbocycles. The molecule has 1 aliphatic rings. The summed E-state index contributed by atoms with van der Waals surface area (Å²) in [5.41, 5.74) is 3.10. The molecule has 1 aliphatic heterocycles. The minimum absolute atomic E-state index is 0.0370. The normalized spacial score (nSPS) is 22.2. The summed E-state index contributed by atoms with van der Waals surface area (Å²) in [6.45, 7) is 6.42. The fourth-order valence-electron chi connectivity index (χ4n) is 1.14. The Balaban J connectivity index is 2.51.